The van der Waals surface area contributed by atoms with Gasteiger partial charge in [-0.15, -0.1) is 0 Å². The average Bonchev–Trinajstić information content (AvgIpc) is 3.16. The Balaban J connectivity index is 2.00. The first kappa shape index (κ1) is 11.0. The van der Waals surface area contributed by atoms with Crippen molar-refractivity contribution in [2.24, 2.45) is 0 Å². The van der Waals surface area contributed by atoms with E-state index in [1.807, 2.05) is 6.92 Å². The number of aromatic nitrogens is 2. The molecular weight excluding hydrogens is 214 g/mol. The van der Waals surface area contributed by atoms with Gasteiger partial charge in [0.2, 0.25) is 5.88 Å². The Labute approximate surface area is 102 Å². The molecule has 1 aromatic heterocycles. The van der Waals surface area contributed by atoms with E-state index in [2.05, 4.69) is 10.3 Å². The Bertz CT molecular complexity index is 415. The summed E-state index contributed by atoms with van der Waals surface area (Å²) in [6.45, 7) is 4.71. The Kier molecular flexibility index (Phi) is 2.97. The third kappa shape index (κ3) is 2.27. The predicted molar refractivity (Wildman–Crippen MR) is 65.5 cm³/mol. The van der Waals surface area contributed by atoms with Gasteiger partial charge in [-0.05, 0) is 32.7 Å². The van der Waals surface area contributed by atoms with E-state index in [9.17, 15) is 0 Å². The summed E-state index contributed by atoms with van der Waals surface area (Å²) in [7, 11) is 0. The number of rotatable bonds is 3. The first-order chi connectivity index (χ1) is 8.38. The van der Waals surface area contributed by atoms with Crippen molar-refractivity contribution >= 4 is 0 Å². The second-order valence-corrected chi connectivity index (χ2v) is 4.77. The molecular formula is C13H19N3O. The van der Waals surface area contributed by atoms with Crippen molar-refractivity contribution in [2.75, 3.05) is 19.7 Å². The molecule has 1 N–H and O–H groups in total. The van der Waals surface area contributed by atoms with E-state index in [0.717, 1.165) is 37.6 Å². The standard InChI is InChI=1S/C13H19N3O/c1-2-17-13-10-5-7-14-8-6-11(10)15-12(16-13)9-3-4-9/h9,14H,2-8H2,1H3. The van der Waals surface area contributed by atoms with Crippen LogP contribution in [0.5, 0.6) is 5.88 Å². The molecule has 17 heavy (non-hydrogen) atoms. The molecule has 0 spiro atoms. The van der Waals surface area contributed by atoms with Gasteiger partial charge in [-0.2, -0.15) is 4.98 Å². The highest BCUT2D eigenvalue weighted by atomic mass is 16.5. The number of fused-ring (bicyclic) bond motifs is 1. The molecule has 0 aromatic carbocycles. The second kappa shape index (κ2) is 4.61. The van der Waals surface area contributed by atoms with Crippen LogP contribution in [0.4, 0.5) is 0 Å². The van der Waals surface area contributed by atoms with Crippen molar-refractivity contribution in [1.29, 1.82) is 0 Å². The lowest BCUT2D eigenvalue weighted by atomic mass is 10.1. The second-order valence-electron chi connectivity index (χ2n) is 4.77. The van der Waals surface area contributed by atoms with E-state index in [0.29, 0.717) is 12.5 Å². The van der Waals surface area contributed by atoms with Crippen molar-refractivity contribution in [1.82, 2.24) is 15.3 Å². The quantitative estimate of drug-likeness (QED) is 0.858. The Morgan fingerprint density at radius 1 is 1.24 bits per heavy atom. The maximum atomic E-state index is 5.70. The van der Waals surface area contributed by atoms with Crippen molar-refractivity contribution in [3.8, 4) is 5.88 Å². The minimum absolute atomic E-state index is 0.593. The Morgan fingerprint density at radius 2 is 2.06 bits per heavy atom. The maximum absolute atomic E-state index is 5.70. The number of ether oxygens (including phenoxy) is 1. The SMILES string of the molecule is CCOc1nc(C2CC2)nc2c1CCNCC2. The molecule has 0 saturated heterocycles. The van der Waals surface area contributed by atoms with Crippen LogP contribution in [0.15, 0.2) is 0 Å². The molecule has 1 fully saturated rings. The zero-order valence-corrected chi connectivity index (χ0v) is 10.3. The summed E-state index contributed by atoms with van der Waals surface area (Å²) in [5.41, 5.74) is 2.43. The lowest BCUT2D eigenvalue weighted by Gasteiger charge is -2.12. The third-order valence-corrected chi connectivity index (χ3v) is 3.39. The fraction of sp³-hybridized carbons (Fsp3) is 0.692. The zero-order valence-electron chi connectivity index (χ0n) is 10.3. The highest BCUT2D eigenvalue weighted by molar-refractivity contribution is 5.34. The Morgan fingerprint density at radius 3 is 2.82 bits per heavy atom. The van der Waals surface area contributed by atoms with Gasteiger partial charge in [-0.25, -0.2) is 4.98 Å². The molecule has 2 heterocycles. The van der Waals surface area contributed by atoms with Crippen LogP contribution in [-0.4, -0.2) is 29.7 Å². The molecule has 0 unspecified atom stereocenters. The van der Waals surface area contributed by atoms with Crippen LogP contribution in [-0.2, 0) is 12.8 Å². The first-order valence-corrected chi connectivity index (χ1v) is 6.61. The van der Waals surface area contributed by atoms with Crippen molar-refractivity contribution in [3.63, 3.8) is 0 Å². The van der Waals surface area contributed by atoms with Gasteiger partial charge in [0.05, 0.1) is 12.3 Å². The fourth-order valence-corrected chi connectivity index (χ4v) is 2.31. The normalized spacial score (nSPS) is 19.6. The van der Waals surface area contributed by atoms with Crippen LogP contribution in [0.3, 0.4) is 0 Å². The van der Waals surface area contributed by atoms with Crippen LogP contribution >= 0.6 is 0 Å². The van der Waals surface area contributed by atoms with Crippen molar-refractivity contribution in [3.05, 3.63) is 17.1 Å². The monoisotopic (exact) mass is 233 g/mol. The fourth-order valence-electron chi connectivity index (χ4n) is 2.31. The van der Waals surface area contributed by atoms with E-state index in [1.54, 1.807) is 0 Å². The van der Waals surface area contributed by atoms with Gasteiger partial charge in [-0.1, -0.05) is 0 Å². The highest BCUT2D eigenvalue weighted by Gasteiger charge is 2.29. The minimum Gasteiger partial charge on any atom is -0.478 e. The number of nitrogens with one attached hydrogen (secondary N) is 1. The largest absolute Gasteiger partial charge is 0.478 e. The van der Waals surface area contributed by atoms with Gasteiger partial charge in [0.25, 0.3) is 0 Å². The van der Waals surface area contributed by atoms with Gasteiger partial charge in [0.15, 0.2) is 0 Å². The lowest BCUT2D eigenvalue weighted by molar-refractivity contribution is 0.320. The molecule has 92 valence electrons. The summed E-state index contributed by atoms with van der Waals surface area (Å²) in [4.78, 5) is 9.37. The number of hydrogen-bond donors (Lipinski definition) is 1. The van der Waals surface area contributed by atoms with Crippen LogP contribution in [0, 0.1) is 0 Å². The van der Waals surface area contributed by atoms with Crippen LogP contribution in [0.25, 0.3) is 0 Å². The van der Waals surface area contributed by atoms with Crippen molar-refractivity contribution in [2.45, 2.75) is 38.5 Å². The molecule has 3 rings (SSSR count). The zero-order chi connectivity index (χ0) is 11.7. The van der Waals surface area contributed by atoms with Gasteiger partial charge in [-0.3, -0.25) is 0 Å². The van der Waals surface area contributed by atoms with Gasteiger partial charge in [0.1, 0.15) is 5.82 Å². The molecule has 1 saturated carbocycles. The summed E-state index contributed by atoms with van der Waals surface area (Å²) in [5.74, 6) is 2.44. The van der Waals surface area contributed by atoms with E-state index in [4.69, 9.17) is 9.72 Å². The summed E-state index contributed by atoms with van der Waals surface area (Å²) in [6.07, 6.45) is 4.46. The van der Waals surface area contributed by atoms with E-state index in [1.165, 1.54) is 24.1 Å². The molecule has 0 amide bonds. The topological polar surface area (TPSA) is 47.0 Å². The number of nitrogens with zero attached hydrogens (tertiary/aromatic N) is 2. The van der Waals surface area contributed by atoms with E-state index < -0.39 is 0 Å². The highest BCUT2D eigenvalue weighted by Crippen LogP contribution is 2.39. The minimum atomic E-state index is 0.593. The molecule has 4 heteroatoms. The predicted octanol–water partition coefficient (Wildman–Crippen LogP) is 1.44. The molecule has 2 aliphatic rings. The summed E-state index contributed by atoms with van der Waals surface area (Å²) in [5, 5.41) is 3.40. The summed E-state index contributed by atoms with van der Waals surface area (Å²) < 4.78 is 5.70. The summed E-state index contributed by atoms with van der Waals surface area (Å²) in [6, 6.07) is 0. The lowest BCUT2D eigenvalue weighted by Crippen LogP contribution is -2.16. The molecule has 0 bridgehead atoms. The molecule has 1 aromatic rings. The van der Waals surface area contributed by atoms with Crippen LogP contribution in [0.2, 0.25) is 0 Å². The van der Waals surface area contributed by atoms with Crippen molar-refractivity contribution < 1.29 is 4.74 Å². The van der Waals surface area contributed by atoms with Gasteiger partial charge >= 0.3 is 0 Å². The molecule has 0 atom stereocenters. The third-order valence-electron chi connectivity index (χ3n) is 3.39. The van der Waals surface area contributed by atoms with Gasteiger partial charge < -0.3 is 10.1 Å². The molecule has 1 aliphatic heterocycles. The average molecular weight is 233 g/mol. The van der Waals surface area contributed by atoms with Crippen LogP contribution in [0.1, 0.15) is 42.8 Å². The van der Waals surface area contributed by atoms with Gasteiger partial charge in [0, 0.05) is 24.4 Å². The van der Waals surface area contributed by atoms with E-state index >= 15 is 0 Å². The molecule has 0 radical (unpaired) electrons. The first-order valence-electron chi connectivity index (χ1n) is 6.61. The molecule has 1 aliphatic carbocycles. The van der Waals surface area contributed by atoms with E-state index in [-0.39, 0.29) is 0 Å². The Hall–Kier alpha value is -1.16. The molecule has 4 nitrogen and oxygen atoms in total. The summed E-state index contributed by atoms with van der Waals surface area (Å²) >= 11 is 0. The number of hydrogen-bond acceptors (Lipinski definition) is 4. The smallest absolute Gasteiger partial charge is 0.220 e. The maximum Gasteiger partial charge on any atom is 0.220 e. The van der Waals surface area contributed by atoms with Crippen LogP contribution < -0.4 is 10.1 Å².